The van der Waals surface area contributed by atoms with E-state index in [2.05, 4.69) is 5.92 Å². The second-order valence-corrected chi connectivity index (χ2v) is 2.36. The highest BCUT2D eigenvalue weighted by Crippen LogP contribution is 2.03. The van der Waals surface area contributed by atoms with Crippen LogP contribution in [-0.2, 0) is 13.0 Å². The lowest BCUT2D eigenvalue weighted by Crippen LogP contribution is -1.84. The van der Waals surface area contributed by atoms with Crippen LogP contribution in [0.4, 0.5) is 0 Å². The molecule has 0 aliphatic carbocycles. The largest absolute Gasteiger partial charge is 0.392 e. The molecule has 1 aromatic rings. The van der Waals surface area contributed by atoms with Crippen molar-refractivity contribution in [2.24, 2.45) is 0 Å². The van der Waals surface area contributed by atoms with Crippen LogP contribution in [0.1, 0.15) is 11.1 Å². The molecule has 0 spiro atoms. The third-order valence-corrected chi connectivity index (χ3v) is 1.51. The highest BCUT2D eigenvalue weighted by Gasteiger charge is 1.90. The first kappa shape index (κ1) is 7.84. The maximum absolute atomic E-state index is 8.72. The van der Waals surface area contributed by atoms with Gasteiger partial charge >= 0.3 is 0 Å². The molecule has 1 nitrogen and oxygen atoms in total. The van der Waals surface area contributed by atoms with Crippen LogP contribution in [0, 0.1) is 12.3 Å². The van der Waals surface area contributed by atoms with Crippen molar-refractivity contribution in [2.75, 3.05) is 0 Å². The molecule has 0 amide bonds. The average molecular weight is 146 g/mol. The minimum absolute atomic E-state index is 0.0936. The standard InChI is InChI=1S/C10H10O/c1-2-3-9-4-6-10(8-11)7-5-9/h1,4-7,11H,3,8H2. The van der Waals surface area contributed by atoms with Crippen molar-refractivity contribution in [3.8, 4) is 12.3 Å². The Morgan fingerprint density at radius 1 is 1.18 bits per heavy atom. The fourth-order valence-corrected chi connectivity index (χ4v) is 0.880. The van der Waals surface area contributed by atoms with E-state index in [0.29, 0.717) is 6.42 Å². The molecule has 0 unspecified atom stereocenters. The van der Waals surface area contributed by atoms with E-state index in [-0.39, 0.29) is 6.61 Å². The fourth-order valence-electron chi connectivity index (χ4n) is 0.880. The Kier molecular flexibility index (Phi) is 2.71. The molecule has 0 bridgehead atoms. The van der Waals surface area contributed by atoms with Gasteiger partial charge in [0, 0.05) is 6.42 Å². The number of hydrogen-bond acceptors (Lipinski definition) is 1. The van der Waals surface area contributed by atoms with Crippen LogP contribution in [0.2, 0.25) is 0 Å². The van der Waals surface area contributed by atoms with Gasteiger partial charge in [-0.1, -0.05) is 24.3 Å². The first-order valence-electron chi connectivity index (χ1n) is 3.49. The van der Waals surface area contributed by atoms with Crippen LogP contribution in [0.5, 0.6) is 0 Å². The second kappa shape index (κ2) is 3.80. The van der Waals surface area contributed by atoms with Crippen molar-refractivity contribution in [2.45, 2.75) is 13.0 Å². The van der Waals surface area contributed by atoms with E-state index in [1.54, 1.807) is 0 Å². The predicted molar refractivity (Wildman–Crippen MR) is 44.9 cm³/mol. The van der Waals surface area contributed by atoms with Gasteiger partial charge < -0.3 is 5.11 Å². The lowest BCUT2D eigenvalue weighted by Gasteiger charge is -1.96. The van der Waals surface area contributed by atoms with Crippen molar-refractivity contribution in [3.05, 3.63) is 35.4 Å². The van der Waals surface area contributed by atoms with E-state index >= 15 is 0 Å². The highest BCUT2D eigenvalue weighted by molar-refractivity contribution is 5.24. The van der Waals surface area contributed by atoms with Crippen molar-refractivity contribution in [1.82, 2.24) is 0 Å². The van der Waals surface area contributed by atoms with E-state index in [4.69, 9.17) is 11.5 Å². The maximum atomic E-state index is 8.72. The highest BCUT2D eigenvalue weighted by atomic mass is 16.3. The minimum atomic E-state index is 0.0936. The van der Waals surface area contributed by atoms with Gasteiger partial charge in [-0.05, 0) is 11.1 Å². The predicted octanol–water partition coefficient (Wildman–Crippen LogP) is 1.35. The molecule has 0 fully saturated rings. The quantitative estimate of drug-likeness (QED) is 0.624. The monoisotopic (exact) mass is 146 g/mol. The van der Waals surface area contributed by atoms with Crippen LogP contribution in [-0.4, -0.2) is 5.11 Å². The summed E-state index contributed by atoms with van der Waals surface area (Å²) in [6, 6.07) is 7.64. The van der Waals surface area contributed by atoms with Gasteiger partial charge in [-0.3, -0.25) is 0 Å². The van der Waals surface area contributed by atoms with Crippen molar-refractivity contribution < 1.29 is 5.11 Å². The van der Waals surface area contributed by atoms with E-state index < -0.39 is 0 Å². The number of aliphatic hydroxyl groups excluding tert-OH is 1. The average Bonchev–Trinajstić information content (AvgIpc) is 2.07. The summed E-state index contributed by atoms with van der Waals surface area (Å²) in [4.78, 5) is 0. The lowest BCUT2D eigenvalue weighted by atomic mass is 10.1. The summed E-state index contributed by atoms with van der Waals surface area (Å²) in [5.41, 5.74) is 2.04. The zero-order valence-electron chi connectivity index (χ0n) is 6.25. The van der Waals surface area contributed by atoms with Gasteiger partial charge in [0.2, 0.25) is 0 Å². The maximum Gasteiger partial charge on any atom is 0.0681 e. The normalized spacial score (nSPS) is 9.09. The Hall–Kier alpha value is -1.26. The molecule has 0 saturated carbocycles. The number of terminal acetylenes is 1. The number of hydrogen-bond donors (Lipinski definition) is 1. The van der Waals surface area contributed by atoms with Crippen LogP contribution in [0.3, 0.4) is 0 Å². The van der Waals surface area contributed by atoms with Gasteiger partial charge in [-0.25, -0.2) is 0 Å². The van der Waals surface area contributed by atoms with Crippen LogP contribution in [0.15, 0.2) is 24.3 Å². The second-order valence-electron chi connectivity index (χ2n) is 2.36. The smallest absolute Gasteiger partial charge is 0.0681 e. The molecule has 0 radical (unpaired) electrons. The van der Waals surface area contributed by atoms with Crippen LogP contribution < -0.4 is 0 Å². The molecule has 1 rings (SSSR count). The first-order chi connectivity index (χ1) is 5.36. The number of aliphatic hydroxyl groups is 1. The summed E-state index contributed by atoms with van der Waals surface area (Å²) in [5.74, 6) is 2.56. The van der Waals surface area contributed by atoms with E-state index in [1.807, 2.05) is 24.3 Å². The summed E-state index contributed by atoms with van der Waals surface area (Å²) < 4.78 is 0. The molecule has 1 heteroatoms. The van der Waals surface area contributed by atoms with E-state index in [9.17, 15) is 0 Å². The molecule has 0 heterocycles. The van der Waals surface area contributed by atoms with Crippen molar-refractivity contribution in [3.63, 3.8) is 0 Å². The molecular formula is C10H10O. The van der Waals surface area contributed by atoms with Gasteiger partial charge in [0.15, 0.2) is 0 Å². The zero-order chi connectivity index (χ0) is 8.10. The molecule has 0 aliphatic heterocycles. The Balaban J connectivity index is 2.76. The molecule has 11 heavy (non-hydrogen) atoms. The molecular weight excluding hydrogens is 136 g/mol. The van der Waals surface area contributed by atoms with E-state index in [0.717, 1.165) is 11.1 Å². The fraction of sp³-hybridized carbons (Fsp3) is 0.200. The molecule has 1 N–H and O–H groups in total. The lowest BCUT2D eigenvalue weighted by molar-refractivity contribution is 0.282. The van der Waals surface area contributed by atoms with Gasteiger partial charge in [-0.15, -0.1) is 12.3 Å². The number of rotatable bonds is 2. The Bertz CT molecular complexity index is 253. The minimum Gasteiger partial charge on any atom is -0.392 e. The Morgan fingerprint density at radius 2 is 1.73 bits per heavy atom. The zero-order valence-corrected chi connectivity index (χ0v) is 6.25. The number of benzene rings is 1. The van der Waals surface area contributed by atoms with Gasteiger partial charge in [0.05, 0.1) is 6.61 Å². The Morgan fingerprint density at radius 3 is 2.18 bits per heavy atom. The summed E-state index contributed by atoms with van der Waals surface area (Å²) in [6.45, 7) is 0.0936. The third-order valence-electron chi connectivity index (χ3n) is 1.51. The van der Waals surface area contributed by atoms with Gasteiger partial charge in [0.1, 0.15) is 0 Å². The molecule has 0 aliphatic rings. The topological polar surface area (TPSA) is 20.2 Å². The van der Waals surface area contributed by atoms with Crippen LogP contribution >= 0.6 is 0 Å². The van der Waals surface area contributed by atoms with Crippen LogP contribution in [0.25, 0.3) is 0 Å². The molecule has 1 aromatic carbocycles. The summed E-state index contributed by atoms with van der Waals surface area (Å²) >= 11 is 0. The molecule has 0 atom stereocenters. The van der Waals surface area contributed by atoms with Crippen molar-refractivity contribution >= 4 is 0 Å². The molecule has 0 saturated heterocycles. The molecule has 0 aromatic heterocycles. The van der Waals surface area contributed by atoms with E-state index in [1.165, 1.54) is 0 Å². The summed E-state index contributed by atoms with van der Waals surface area (Å²) in [5, 5.41) is 8.72. The first-order valence-corrected chi connectivity index (χ1v) is 3.49. The van der Waals surface area contributed by atoms with Crippen molar-refractivity contribution in [1.29, 1.82) is 0 Å². The van der Waals surface area contributed by atoms with Gasteiger partial charge in [0.25, 0.3) is 0 Å². The third kappa shape index (κ3) is 2.10. The Labute approximate surface area is 66.7 Å². The summed E-state index contributed by atoms with van der Waals surface area (Å²) in [7, 11) is 0. The SMILES string of the molecule is C#CCc1ccc(CO)cc1. The summed E-state index contributed by atoms with van der Waals surface area (Å²) in [6.07, 6.45) is 5.79. The van der Waals surface area contributed by atoms with Gasteiger partial charge in [-0.2, -0.15) is 0 Å². The molecule has 56 valence electrons.